The Hall–Kier alpha value is -4.65. The molecule has 2 aromatic carbocycles. The zero-order valence-electron chi connectivity index (χ0n) is 22.2. The van der Waals surface area contributed by atoms with Crippen LogP contribution in [0.3, 0.4) is 0 Å². The molecule has 4 atom stereocenters. The molecule has 2 rings (SSSR count). The minimum absolute atomic E-state index is 0.0589. The number of guanidine groups is 1. The van der Waals surface area contributed by atoms with Gasteiger partial charge in [0.1, 0.15) is 23.9 Å². The molecule has 40 heavy (non-hydrogen) atoms. The molecule has 11 N–H and O–H groups in total. The molecule has 0 aliphatic heterocycles. The van der Waals surface area contributed by atoms with Crippen LogP contribution in [0.5, 0.6) is 5.75 Å². The summed E-state index contributed by atoms with van der Waals surface area (Å²) in [6.45, 7) is 1.67. The van der Waals surface area contributed by atoms with Gasteiger partial charge in [0.05, 0.1) is 6.04 Å². The number of nitrogens with two attached hydrogens (primary N) is 2. The maximum Gasteiger partial charge on any atom is 0.326 e. The highest BCUT2D eigenvalue weighted by atomic mass is 16.4. The SMILES string of the molecule is C[C@H](NC(=O)[C@H](CCCNC(=N)N)NC(=O)[C@@H](N)Cc1ccc(O)cc1)C(=O)N[C@@H](Cc1ccccc1)C(=O)O. The van der Waals surface area contributed by atoms with Crippen LogP contribution in [0.1, 0.15) is 30.9 Å². The van der Waals surface area contributed by atoms with E-state index in [9.17, 15) is 29.4 Å². The van der Waals surface area contributed by atoms with Crippen LogP contribution in [0.15, 0.2) is 54.6 Å². The molecule has 0 bridgehead atoms. The Morgan fingerprint density at radius 1 is 0.850 bits per heavy atom. The first-order chi connectivity index (χ1) is 19.0. The number of benzene rings is 2. The van der Waals surface area contributed by atoms with Crippen molar-refractivity contribution in [3.63, 3.8) is 0 Å². The number of amides is 3. The van der Waals surface area contributed by atoms with Crippen LogP contribution in [0.4, 0.5) is 0 Å². The molecule has 0 aliphatic rings. The average Bonchev–Trinajstić information content (AvgIpc) is 2.91. The first kappa shape index (κ1) is 31.6. The molecule has 216 valence electrons. The zero-order valence-corrected chi connectivity index (χ0v) is 22.2. The molecule has 2 aromatic rings. The number of hydrogen-bond acceptors (Lipinski definition) is 7. The van der Waals surface area contributed by atoms with Crippen molar-refractivity contribution in [3.8, 4) is 5.75 Å². The van der Waals surface area contributed by atoms with Gasteiger partial charge in [-0.3, -0.25) is 19.8 Å². The Bertz CT molecular complexity index is 1160. The van der Waals surface area contributed by atoms with Gasteiger partial charge in [-0.05, 0) is 49.4 Å². The quantitative estimate of drug-likeness (QED) is 0.0769. The molecule has 0 unspecified atom stereocenters. The van der Waals surface area contributed by atoms with Gasteiger partial charge in [0.15, 0.2) is 5.96 Å². The Kier molecular flexibility index (Phi) is 12.4. The number of carbonyl (C=O) groups is 4. The summed E-state index contributed by atoms with van der Waals surface area (Å²) in [5, 5.41) is 36.4. The smallest absolute Gasteiger partial charge is 0.326 e. The number of aliphatic carboxylic acids is 1. The van der Waals surface area contributed by atoms with Crippen molar-refractivity contribution in [3.05, 3.63) is 65.7 Å². The highest BCUT2D eigenvalue weighted by Crippen LogP contribution is 2.11. The molecule has 0 saturated heterocycles. The number of carboxylic acid groups (broad SMARTS) is 1. The van der Waals surface area contributed by atoms with Gasteiger partial charge in [-0.15, -0.1) is 0 Å². The standard InChI is InChI=1S/C27H37N7O6/c1-16(23(36)34-22(26(39)40)15-17-6-3-2-4-7-17)32-25(38)21(8-5-13-31-27(29)30)33-24(37)20(28)14-18-9-11-19(35)12-10-18/h2-4,6-7,9-12,16,20-22,35H,5,8,13-15,28H2,1H3,(H,32,38)(H,33,37)(H,34,36)(H,39,40)(H4,29,30,31)/t16-,20-,21-,22-/m0/s1. The summed E-state index contributed by atoms with van der Waals surface area (Å²) in [5.74, 6) is -3.35. The van der Waals surface area contributed by atoms with Crippen molar-refractivity contribution in [1.82, 2.24) is 21.3 Å². The van der Waals surface area contributed by atoms with Gasteiger partial charge >= 0.3 is 5.97 Å². The van der Waals surface area contributed by atoms with Gasteiger partial charge in [-0.2, -0.15) is 0 Å². The van der Waals surface area contributed by atoms with E-state index in [1.54, 1.807) is 42.5 Å². The molecule has 0 radical (unpaired) electrons. The maximum absolute atomic E-state index is 13.1. The van der Waals surface area contributed by atoms with Crippen LogP contribution in [0.25, 0.3) is 0 Å². The normalized spacial score (nSPS) is 13.7. The third kappa shape index (κ3) is 11.0. The molecule has 3 amide bonds. The van der Waals surface area contributed by atoms with E-state index in [4.69, 9.17) is 16.9 Å². The van der Waals surface area contributed by atoms with Gasteiger partial charge < -0.3 is 42.9 Å². The summed E-state index contributed by atoms with van der Waals surface area (Å²) in [6, 6.07) is 10.6. The number of phenolic OH excluding ortho intramolecular Hbond substituents is 1. The highest BCUT2D eigenvalue weighted by Gasteiger charge is 2.28. The van der Waals surface area contributed by atoms with Crippen molar-refractivity contribution < 1.29 is 29.4 Å². The first-order valence-corrected chi connectivity index (χ1v) is 12.8. The number of aromatic hydroxyl groups is 1. The zero-order chi connectivity index (χ0) is 29.7. The second-order valence-corrected chi connectivity index (χ2v) is 9.34. The Morgan fingerprint density at radius 2 is 1.45 bits per heavy atom. The summed E-state index contributed by atoms with van der Waals surface area (Å²) in [5.41, 5.74) is 12.8. The summed E-state index contributed by atoms with van der Waals surface area (Å²) < 4.78 is 0. The van der Waals surface area contributed by atoms with Crippen LogP contribution in [0.2, 0.25) is 0 Å². The average molecular weight is 556 g/mol. The van der Waals surface area contributed by atoms with Crippen molar-refractivity contribution in [2.45, 2.75) is 56.8 Å². The van der Waals surface area contributed by atoms with E-state index in [0.29, 0.717) is 12.0 Å². The van der Waals surface area contributed by atoms with Crippen molar-refractivity contribution in [2.75, 3.05) is 6.54 Å². The summed E-state index contributed by atoms with van der Waals surface area (Å²) in [4.78, 5) is 50.3. The van der Waals surface area contributed by atoms with Crippen LogP contribution < -0.4 is 32.7 Å². The summed E-state index contributed by atoms with van der Waals surface area (Å²) in [7, 11) is 0. The van der Waals surface area contributed by atoms with Crippen molar-refractivity contribution in [1.29, 1.82) is 5.41 Å². The molecule has 0 heterocycles. The Labute approximate surface area is 232 Å². The van der Waals surface area contributed by atoms with E-state index in [-0.39, 0.29) is 37.5 Å². The summed E-state index contributed by atoms with van der Waals surface area (Å²) >= 11 is 0. The number of nitrogens with one attached hydrogen (secondary N) is 5. The lowest BCUT2D eigenvalue weighted by Crippen LogP contribution is -2.56. The lowest BCUT2D eigenvalue weighted by atomic mass is 10.0. The molecule has 0 aliphatic carbocycles. The predicted molar refractivity (Wildman–Crippen MR) is 148 cm³/mol. The fourth-order valence-electron chi connectivity index (χ4n) is 3.78. The van der Waals surface area contributed by atoms with Gasteiger partial charge in [0.2, 0.25) is 17.7 Å². The summed E-state index contributed by atoms with van der Waals surface area (Å²) in [6.07, 6.45) is 0.709. The fraction of sp³-hybridized carbons (Fsp3) is 0.370. The van der Waals surface area contributed by atoms with E-state index in [1.807, 2.05) is 0 Å². The highest BCUT2D eigenvalue weighted by molar-refractivity contribution is 5.94. The van der Waals surface area contributed by atoms with Crippen molar-refractivity contribution in [2.24, 2.45) is 11.5 Å². The van der Waals surface area contributed by atoms with E-state index in [0.717, 1.165) is 5.56 Å². The van der Waals surface area contributed by atoms with Crippen LogP contribution >= 0.6 is 0 Å². The lowest BCUT2D eigenvalue weighted by molar-refractivity contribution is -0.142. The van der Waals surface area contributed by atoms with E-state index < -0.39 is 47.9 Å². The van der Waals surface area contributed by atoms with E-state index >= 15 is 0 Å². The molecule has 0 spiro atoms. The van der Waals surface area contributed by atoms with Crippen LogP contribution in [0, 0.1) is 5.41 Å². The van der Waals surface area contributed by atoms with Gasteiger partial charge in [-0.25, -0.2) is 4.79 Å². The van der Waals surface area contributed by atoms with Gasteiger partial charge in [0, 0.05) is 13.0 Å². The molecular formula is C27H37N7O6. The number of rotatable bonds is 15. The van der Waals surface area contributed by atoms with Crippen LogP contribution in [-0.2, 0) is 32.0 Å². The number of phenols is 1. The molecule has 0 aromatic heterocycles. The monoisotopic (exact) mass is 555 g/mol. The molecule has 13 nitrogen and oxygen atoms in total. The van der Waals surface area contributed by atoms with E-state index in [2.05, 4.69) is 21.3 Å². The molecular weight excluding hydrogens is 518 g/mol. The molecule has 0 saturated carbocycles. The van der Waals surface area contributed by atoms with Crippen LogP contribution in [-0.4, -0.2) is 70.6 Å². The second-order valence-electron chi connectivity index (χ2n) is 9.34. The minimum atomic E-state index is -1.22. The number of carboxylic acids is 1. The topological polar surface area (TPSA) is 233 Å². The number of hydrogen-bond donors (Lipinski definition) is 9. The molecule has 0 fully saturated rings. The second kappa shape index (κ2) is 15.7. The predicted octanol–water partition coefficient (Wildman–Crippen LogP) is -0.673. The lowest BCUT2D eigenvalue weighted by Gasteiger charge is -2.24. The third-order valence-electron chi connectivity index (χ3n) is 6.00. The van der Waals surface area contributed by atoms with Crippen molar-refractivity contribution >= 4 is 29.7 Å². The molecule has 13 heteroatoms. The fourth-order valence-corrected chi connectivity index (χ4v) is 3.78. The number of carbonyl (C=O) groups excluding carboxylic acids is 3. The maximum atomic E-state index is 13.1. The first-order valence-electron chi connectivity index (χ1n) is 12.8. The van der Waals surface area contributed by atoms with Gasteiger partial charge in [-0.1, -0.05) is 42.5 Å². The largest absolute Gasteiger partial charge is 0.508 e. The van der Waals surface area contributed by atoms with Gasteiger partial charge in [0.25, 0.3) is 0 Å². The third-order valence-corrected chi connectivity index (χ3v) is 6.00. The van der Waals surface area contributed by atoms with E-state index in [1.165, 1.54) is 19.1 Å². The Morgan fingerprint density at radius 3 is 2.05 bits per heavy atom. The Balaban J connectivity index is 2.02. The minimum Gasteiger partial charge on any atom is -0.508 e.